The van der Waals surface area contributed by atoms with E-state index in [1.165, 1.54) is 0 Å². The maximum absolute atomic E-state index is 12.2. The van der Waals surface area contributed by atoms with Gasteiger partial charge in [0.1, 0.15) is 12.1 Å². The second-order valence-electron chi connectivity index (χ2n) is 4.47. The van der Waals surface area contributed by atoms with E-state index in [0.29, 0.717) is 6.54 Å². The minimum atomic E-state index is -0.304. The monoisotopic (exact) mass is 222 g/mol. The van der Waals surface area contributed by atoms with Crippen LogP contribution in [0.15, 0.2) is 12.7 Å². The second kappa shape index (κ2) is 4.28. The number of carbonyl (C=O) groups is 2. The molecule has 2 unspecified atom stereocenters. The minimum Gasteiger partial charge on any atom is -0.329 e. The van der Waals surface area contributed by atoms with Crippen LogP contribution >= 0.6 is 0 Å². The predicted molar refractivity (Wildman–Crippen MR) is 60.7 cm³/mol. The molecule has 2 fully saturated rings. The van der Waals surface area contributed by atoms with Crippen LogP contribution in [-0.2, 0) is 9.59 Å². The lowest BCUT2D eigenvalue weighted by molar-refractivity contribution is -0.158. The second-order valence-corrected chi connectivity index (χ2v) is 4.47. The van der Waals surface area contributed by atoms with Gasteiger partial charge in [-0.1, -0.05) is 6.08 Å². The summed E-state index contributed by atoms with van der Waals surface area (Å²) >= 11 is 0. The number of hydrogen-bond acceptors (Lipinski definition) is 2. The SMILES string of the molecule is C=CCCN1C(=O)C2CCCN2C(=O)C1C. The van der Waals surface area contributed by atoms with Crippen molar-refractivity contribution in [2.75, 3.05) is 13.1 Å². The fourth-order valence-corrected chi connectivity index (χ4v) is 2.58. The summed E-state index contributed by atoms with van der Waals surface area (Å²) in [6.45, 7) is 6.82. The van der Waals surface area contributed by atoms with Gasteiger partial charge in [0.15, 0.2) is 0 Å². The Labute approximate surface area is 95.9 Å². The molecule has 2 rings (SSSR count). The fraction of sp³-hybridized carbons (Fsp3) is 0.667. The van der Waals surface area contributed by atoms with E-state index in [0.717, 1.165) is 25.8 Å². The van der Waals surface area contributed by atoms with E-state index in [9.17, 15) is 9.59 Å². The molecule has 0 aromatic heterocycles. The summed E-state index contributed by atoms with van der Waals surface area (Å²) in [5.74, 6) is 0.220. The van der Waals surface area contributed by atoms with E-state index in [1.807, 2.05) is 6.92 Å². The molecule has 0 aromatic rings. The number of nitrogens with zero attached hydrogens (tertiary/aromatic N) is 2. The molecule has 0 aliphatic carbocycles. The third-order valence-electron chi connectivity index (χ3n) is 3.50. The number of carbonyl (C=O) groups excluding carboxylic acids is 2. The van der Waals surface area contributed by atoms with Crippen molar-refractivity contribution in [3.05, 3.63) is 12.7 Å². The molecule has 2 amide bonds. The quantitative estimate of drug-likeness (QED) is 0.662. The van der Waals surface area contributed by atoms with Gasteiger partial charge in [0, 0.05) is 13.1 Å². The number of piperazine rings is 1. The third kappa shape index (κ3) is 1.62. The van der Waals surface area contributed by atoms with Crippen LogP contribution in [0.3, 0.4) is 0 Å². The summed E-state index contributed by atoms with van der Waals surface area (Å²) in [6, 6.07) is -0.490. The van der Waals surface area contributed by atoms with Gasteiger partial charge in [0.05, 0.1) is 0 Å². The van der Waals surface area contributed by atoms with Crippen molar-refractivity contribution in [2.24, 2.45) is 0 Å². The van der Waals surface area contributed by atoms with Crippen molar-refractivity contribution in [2.45, 2.75) is 38.3 Å². The van der Waals surface area contributed by atoms with E-state index in [1.54, 1.807) is 15.9 Å². The van der Waals surface area contributed by atoms with E-state index < -0.39 is 0 Å². The maximum Gasteiger partial charge on any atom is 0.246 e. The van der Waals surface area contributed by atoms with Gasteiger partial charge in [-0.3, -0.25) is 9.59 Å². The number of amides is 2. The van der Waals surface area contributed by atoms with Crippen LogP contribution in [0.25, 0.3) is 0 Å². The molecule has 0 spiro atoms. The van der Waals surface area contributed by atoms with Gasteiger partial charge in [-0.05, 0) is 26.2 Å². The average Bonchev–Trinajstić information content (AvgIpc) is 2.75. The zero-order chi connectivity index (χ0) is 11.7. The molecule has 0 bridgehead atoms. The lowest BCUT2D eigenvalue weighted by Gasteiger charge is -2.40. The first-order valence-corrected chi connectivity index (χ1v) is 5.88. The Hall–Kier alpha value is -1.32. The van der Waals surface area contributed by atoms with Crippen molar-refractivity contribution in [3.63, 3.8) is 0 Å². The van der Waals surface area contributed by atoms with Crippen LogP contribution in [0.2, 0.25) is 0 Å². The van der Waals surface area contributed by atoms with E-state index in [2.05, 4.69) is 6.58 Å². The molecular weight excluding hydrogens is 204 g/mol. The standard InChI is InChI=1S/C12H18N2O2/c1-3-4-7-13-9(2)11(15)14-8-5-6-10(14)12(13)16/h3,9-10H,1,4-8H2,2H3. The zero-order valence-corrected chi connectivity index (χ0v) is 9.69. The fourth-order valence-electron chi connectivity index (χ4n) is 2.58. The van der Waals surface area contributed by atoms with E-state index >= 15 is 0 Å². The first-order chi connectivity index (χ1) is 7.66. The molecule has 16 heavy (non-hydrogen) atoms. The molecule has 0 N–H and O–H groups in total. The van der Waals surface area contributed by atoms with Crippen LogP contribution in [0.5, 0.6) is 0 Å². The van der Waals surface area contributed by atoms with Crippen LogP contribution < -0.4 is 0 Å². The summed E-state index contributed by atoms with van der Waals surface area (Å²) in [4.78, 5) is 27.7. The van der Waals surface area contributed by atoms with Crippen molar-refractivity contribution >= 4 is 11.8 Å². The van der Waals surface area contributed by atoms with Gasteiger partial charge in [-0.2, -0.15) is 0 Å². The molecule has 0 aromatic carbocycles. The Morgan fingerprint density at radius 3 is 2.88 bits per heavy atom. The molecule has 2 heterocycles. The van der Waals surface area contributed by atoms with Gasteiger partial charge in [0.25, 0.3) is 0 Å². The van der Waals surface area contributed by atoms with Crippen molar-refractivity contribution in [1.82, 2.24) is 9.80 Å². The van der Waals surface area contributed by atoms with Gasteiger partial charge >= 0.3 is 0 Å². The highest BCUT2D eigenvalue weighted by Gasteiger charge is 2.45. The summed E-state index contributed by atoms with van der Waals surface area (Å²) < 4.78 is 0. The van der Waals surface area contributed by atoms with Crippen LogP contribution in [0.1, 0.15) is 26.2 Å². The average molecular weight is 222 g/mol. The first kappa shape index (κ1) is 11.2. The van der Waals surface area contributed by atoms with Crippen molar-refractivity contribution < 1.29 is 9.59 Å². The topological polar surface area (TPSA) is 40.6 Å². The molecule has 2 atom stereocenters. The van der Waals surface area contributed by atoms with Crippen LogP contribution in [0.4, 0.5) is 0 Å². The zero-order valence-electron chi connectivity index (χ0n) is 9.69. The van der Waals surface area contributed by atoms with Crippen molar-refractivity contribution in [1.29, 1.82) is 0 Å². The largest absolute Gasteiger partial charge is 0.329 e. The molecule has 0 radical (unpaired) electrons. The lowest BCUT2D eigenvalue weighted by atomic mass is 10.1. The van der Waals surface area contributed by atoms with Crippen molar-refractivity contribution in [3.8, 4) is 0 Å². The molecule has 0 saturated carbocycles. The summed E-state index contributed by atoms with van der Waals surface area (Å²) in [7, 11) is 0. The molecule has 2 aliphatic rings. The minimum absolute atomic E-state index is 0.103. The summed E-state index contributed by atoms with van der Waals surface area (Å²) in [5.41, 5.74) is 0. The van der Waals surface area contributed by atoms with Gasteiger partial charge in [-0.25, -0.2) is 0 Å². The molecule has 2 aliphatic heterocycles. The number of fused-ring (bicyclic) bond motifs is 1. The lowest BCUT2D eigenvalue weighted by Crippen LogP contribution is -2.61. The molecular formula is C12H18N2O2. The third-order valence-corrected chi connectivity index (χ3v) is 3.50. The normalized spacial score (nSPS) is 29.6. The summed E-state index contributed by atoms with van der Waals surface area (Å²) in [5, 5.41) is 0. The molecule has 4 heteroatoms. The van der Waals surface area contributed by atoms with E-state index in [-0.39, 0.29) is 23.9 Å². The Morgan fingerprint density at radius 1 is 1.44 bits per heavy atom. The number of rotatable bonds is 3. The molecule has 4 nitrogen and oxygen atoms in total. The Kier molecular flexibility index (Phi) is 2.99. The highest BCUT2D eigenvalue weighted by atomic mass is 16.2. The maximum atomic E-state index is 12.2. The van der Waals surface area contributed by atoms with Crippen LogP contribution in [0, 0.1) is 0 Å². The van der Waals surface area contributed by atoms with E-state index in [4.69, 9.17) is 0 Å². The Balaban J connectivity index is 2.16. The highest BCUT2D eigenvalue weighted by molar-refractivity contribution is 5.97. The highest BCUT2D eigenvalue weighted by Crippen LogP contribution is 2.26. The Bertz CT molecular complexity index is 327. The predicted octanol–water partition coefficient (Wildman–Crippen LogP) is 0.784. The van der Waals surface area contributed by atoms with Gasteiger partial charge in [-0.15, -0.1) is 6.58 Å². The summed E-state index contributed by atoms with van der Waals surface area (Å²) in [6.07, 6.45) is 4.30. The van der Waals surface area contributed by atoms with Gasteiger partial charge in [0.2, 0.25) is 11.8 Å². The smallest absolute Gasteiger partial charge is 0.246 e. The van der Waals surface area contributed by atoms with Crippen LogP contribution in [-0.4, -0.2) is 46.8 Å². The molecule has 2 saturated heterocycles. The van der Waals surface area contributed by atoms with Gasteiger partial charge < -0.3 is 9.80 Å². The first-order valence-electron chi connectivity index (χ1n) is 5.88. The molecule has 88 valence electrons. The Morgan fingerprint density at radius 2 is 2.19 bits per heavy atom. The number of hydrogen-bond donors (Lipinski definition) is 0.